The number of nitrogens with zero attached hydrogens (tertiary/aromatic N) is 3. The number of rotatable bonds is 6. The number of Topliss-reactive ketones (excluding diaryl/α,β-unsaturated/α-hetero) is 1. The minimum absolute atomic E-state index is 0.0135. The van der Waals surface area contributed by atoms with Gasteiger partial charge in [-0.1, -0.05) is 48.0 Å². The van der Waals surface area contributed by atoms with E-state index in [9.17, 15) is 29.3 Å². The minimum Gasteiger partial charge on any atom is -0.292 e. The summed E-state index contributed by atoms with van der Waals surface area (Å²) in [7, 11) is 0. The van der Waals surface area contributed by atoms with Crippen molar-refractivity contribution < 1.29 is 24.1 Å². The van der Waals surface area contributed by atoms with E-state index in [1.54, 1.807) is 12.1 Å². The van der Waals surface area contributed by atoms with Crippen LogP contribution in [-0.2, 0) is 9.59 Å². The maximum Gasteiger partial charge on any atom is 0.274 e. The molecule has 0 saturated carbocycles. The fraction of sp³-hybridized carbons (Fsp3) is 0.217. The van der Waals surface area contributed by atoms with Crippen LogP contribution in [0.15, 0.2) is 60.7 Å². The van der Waals surface area contributed by atoms with Crippen LogP contribution in [0.2, 0.25) is 5.02 Å². The van der Waals surface area contributed by atoms with Crippen molar-refractivity contribution in [2.45, 2.75) is 12.8 Å². The quantitative estimate of drug-likeness (QED) is 0.211. The molecule has 2 aromatic rings. The Hall–Kier alpha value is -3.85. The van der Waals surface area contributed by atoms with Gasteiger partial charge in [0.2, 0.25) is 0 Å². The smallest absolute Gasteiger partial charge is 0.274 e. The molecule has 2 aliphatic rings. The maximum atomic E-state index is 13.4. The second kappa shape index (κ2) is 8.95. The van der Waals surface area contributed by atoms with E-state index in [1.807, 2.05) is 12.2 Å². The molecule has 2 aromatic carbocycles. The fourth-order valence-electron chi connectivity index (χ4n) is 4.05. The van der Waals surface area contributed by atoms with E-state index in [1.165, 1.54) is 30.3 Å². The highest BCUT2D eigenvalue weighted by Crippen LogP contribution is 2.36. The number of hydrogen-bond acceptors (Lipinski definition) is 6. The van der Waals surface area contributed by atoms with Gasteiger partial charge in [0.1, 0.15) is 6.54 Å². The third-order valence-corrected chi connectivity index (χ3v) is 6.07. The highest BCUT2D eigenvalue weighted by atomic mass is 35.5. The van der Waals surface area contributed by atoms with Crippen molar-refractivity contribution in [1.82, 2.24) is 10.0 Å². The summed E-state index contributed by atoms with van der Waals surface area (Å²) in [5, 5.41) is 12.7. The minimum atomic E-state index is -0.798. The molecule has 1 aliphatic carbocycles. The number of fused-ring (bicyclic) bond motifs is 1. The van der Waals surface area contributed by atoms with Crippen molar-refractivity contribution in [3.05, 3.63) is 86.9 Å². The summed E-state index contributed by atoms with van der Waals surface area (Å²) in [4.78, 5) is 63.1. The van der Waals surface area contributed by atoms with E-state index in [0.29, 0.717) is 12.8 Å². The number of carbonyl (C=O) groups is 4. The van der Waals surface area contributed by atoms with Crippen molar-refractivity contribution in [2.24, 2.45) is 11.8 Å². The van der Waals surface area contributed by atoms with Gasteiger partial charge in [-0.25, -0.2) is 5.01 Å². The van der Waals surface area contributed by atoms with Crippen molar-refractivity contribution in [3.63, 3.8) is 0 Å². The maximum absolute atomic E-state index is 13.4. The summed E-state index contributed by atoms with van der Waals surface area (Å²) in [5.74, 6) is -3.84. The van der Waals surface area contributed by atoms with E-state index in [0.717, 1.165) is 16.1 Å². The molecule has 1 saturated heterocycles. The number of hydrazine groups is 1. The van der Waals surface area contributed by atoms with Crippen LogP contribution in [-0.4, -0.2) is 45.0 Å². The second-order valence-corrected chi connectivity index (χ2v) is 8.12. The molecule has 0 radical (unpaired) electrons. The van der Waals surface area contributed by atoms with Gasteiger partial charge in [-0.05, 0) is 25.0 Å². The number of benzene rings is 2. The molecule has 0 spiro atoms. The number of hydrogen-bond donors (Lipinski definition) is 0. The van der Waals surface area contributed by atoms with Gasteiger partial charge in [-0.3, -0.25) is 29.3 Å². The summed E-state index contributed by atoms with van der Waals surface area (Å²) in [6.07, 6.45) is 4.34. The molecular formula is C23H18ClN3O6. The van der Waals surface area contributed by atoms with Crippen LogP contribution in [0, 0.1) is 22.0 Å². The number of nitro groups is 1. The summed E-state index contributed by atoms with van der Waals surface area (Å²) in [6.45, 7) is -0.671. The third kappa shape index (κ3) is 4.14. The summed E-state index contributed by atoms with van der Waals surface area (Å²) >= 11 is 6.17. The average molecular weight is 468 g/mol. The Morgan fingerprint density at radius 1 is 1.03 bits per heavy atom. The highest BCUT2D eigenvalue weighted by molar-refractivity contribution is 6.34. The molecule has 1 aliphatic heterocycles. The van der Waals surface area contributed by atoms with Crippen molar-refractivity contribution >= 4 is 40.8 Å². The Bertz CT molecular complexity index is 1180. The Morgan fingerprint density at radius 2 is 1.67 bits per heavy atom. The lowest BCUT2D eigenvalue weighted by Crippen LogP contribution is -2.52. The second-order valence-electron chi connectivity index (χ2n) is 7.72. The first-order chi connectivity index (χ1) is 15.8. The van der Waals surface area contributed by atoms with Crippen molar-refractivity contribution in [1.29, 1.82) is 0 Å². The Balaban J connectivity index is 1.71. The molecule has 1 fully saturated rings. The number of halogens is 1. The lowest BCUT2D eigenvalue weighted by atomic mass is 9.85. The molecule has 1 heterocycles. The third-order valence-electron chi connectivity index (χ3n) is 5.74. The zero-order valence-corrected chi connectivity index (χ0v) is 18.0. The van der Waals surface area contributed by atoms with E-state index in [-0.39, 0.29) is 21.8 Å². The number of nitro benzene ring substituents is 1. The van der Waals surface area contributed by atoms with Crippen LogP contribution in [0.25, 0.3) is 0 Å². The summed E-state index contributed by atoms with van der Waals surface area (Å²) in [6, 6.07) is 11.1. The standard InChI is InChI=1S/C23H18ClN3O6/c24-19-11-4-3-10-18(19)21(29)25(13-20(28)14-6-5-7-15(12-14)27(32)33)26-22(30)16-8-1-2-9-17(16)23(26)31/h1-7,10-12,16-17H,8-9,13H2/t16-,17-/m0/s1. The molecule has 0 unspecified atom stereocenters. The van der Waals surface area contributed by atoms with Crippen LogP contribution < -0.4 is 0 Å². The monoisotopic (exact) mass is 467 g/mol. The first-order valence-electron chi connectivity index (χ1n) is 10.2. The Labute approximate surface area is 193 Å². The van der Waals surface area contributed by atoms with Gasteiger partial charge in [0.05, 0.1) is 27.3 Å². The predicted molar refractivity (Wildman–Crippen MR) is 117 cm³/mol. The molecule has 10 heteroatoms. The molecule has 3 amide bonds. The molecule has 0 aromatic heterocycles. The van der Waals surface area contributed by atoms with Crippen LogP contribution in [0.4, 0.5) is 5.69 Å². The molecule has 9 nitrogen and oxygen atoms in total. The van der Waals surface area contributed by atoms with Crippen LogP contribution in [0.3, 0.4) is 0 Å². The van der Waals surface area contributed by atoms with E-state index >= 15 is 0 Å². The van der Waals surface area contributed by atoms with Gasteiger partial charge in [0.15, 0.2) is 5.78 Å². The van der Waals surface area contributed by atoms with Crippen LogP contribution in [0.1, 0.15) is 33.6 Å². The Kier molecular flexibility index (Phi) is 6.06. The first-order valence-corrected chi connectivity index (χ1v) is 10.5. The summed E-state index contributed by atoms with van der Waals surface area (Å²) in [5.41, 5.74) is -0.311. The van der Waals surface area contributed by atoms with Crippen molar-refractivity contribution in [2.75, 3.05) is 6.54 Å². The number of ketones is 1. The molecular weight excluding hydrogens is 450 g/mol. The van der Waals surface area contributed by atoms with Gasteiger partial charge in [-0.15, -0.1) is 0 Å². The van der Waals surface area contributed by atoms with Crippen molar-refractivity contribution in [3.8, 4) is 0 Å². The molecule has 4 rings (SSSR count). The summed E-state index contributed by atoms with van der Waals surface area (Å²) < 4.78 is 0. The van der Waals surface area contributed by atoms with Gasteiger partial charge >= 0.3 is 0 Å². The normalized spacial score (nSPS) is 19.4. The lowest BCUT2D eigenvalue weighted by molar-refractivity contribution is -0.384. The fourth-order valence-corrected chi connectivity index (χ4v) is 4.26. The van der Waals surface area contributed by atoms with Crippen LogP contribution in [0.5, 0.6) is 0 Å². The van der Waals surface area contributed by atoms with E-state index in [4.69, 9.17) is 11.6 Å². The predicted octanol–water partition coefficient (Wildman–Crippen LogP) is 3.44. The highest BCUT2D eigenvalue weighted by Gasteiger charge is 2.51. The molecule has 0 bridgehead atoms. The first kappa shape index (κ1) is 22.3. The largest absolute Gasteiger partial charge is 0.292 e. The number of imide groups is 1. The zero-order chi connectivity index (χ0) is 23.7. The zero-order valence-electron chi connectivity index (χ0n) is 17.2. The van der Waals surface area contributed by atoms with Crippen LogP contribution >= 0.6 is 11.6 Å². The van der Waals surface area contributed by atoms with Gasteiger partial charge in [0.25, 0.3) is 23.4 Å². The molecule has 0 N–H and O–H groups in total. The number of non-ortho nitro benzene ring substituents is 1. The molecule has 33 heavy (non-hydrogen) atoms. The van der Waals surface area contributed by atoms with E-state index in [2.05, 4.69) is 0 Å². The van der Waals surface area contributed by atoms with E-state index < -0.39 is 46.8 Å². The molecule has 168 valence electrons. The number of carbonyl (C=O) groups excluding carboxylic acids is 4. The molecule has 2 atom stereocenters. The Morgan fingerprint density at radius 3 is 2.27 bits per heavy atom. The number of amides is 3. The number of allylic oxidation sites excluding steroid dienone is 2. The van der Waals surface area contributed by atoms with Gasteiger partial charge in [-0.2, -0.15) is 5.01 Å². The van der Waals surface area contributed by atoms with Gasteiger partial charge < -0.3 is 0 Å². The lowest BCUT2D eigenvalue weighted by Gasteiger charge is -2.30. The topological polar surface area (TPSA) is 118 Å². The average Bonchev–Trinajstić information content (AvgIpc) is 3.07. The van der Waals surface area contributed by atoms with Gasteiger partial charge in [0, 0.05) is 17.7 Å². The SMILES string of the molecule is O=C(CN(C(=O)c1ccccc1Cl)N1C(=O)[C@H]2CC=CC[C@@H]2C1=O)c1cccc([N+](=O)[O-])c1.